The highest BCUT2D eigenvalue weighted by atomic mass is 28.3. The Kier molecular flexibility index (Phi) is 7.23. The van der Waals surface area contributed by atoms with E-state index in [4.69, 9.17) is 4.74 Å². The summed E-state index contributed by atoms with van der Waals surface area (Å²) in [5.74, 6) is 0. The molecule has 2 atom stereocenters. The summed E-state index contributed by atoms with van der Waals surface area (Å²) < 4.78 is 5.72. The lowest BCUT2D eigenvalue weighted by Gasteiger charge is -2.50. The second-order valence-electron chi connectivity index (χ2n) is 13.1. The molecule has 2 fully saturated rings. The number of benzene rings is 2. The fourth-order valence-corrected chi connectivity index (χ4v) is 12.3. The molecule has 1 amide bonds. The largest absolute Gasteiger partial charge is 0.444 e. The Morgan fingerprint density at radius 1 is 0.811 bits per heavy atom. The van der Waals surface area contributed by atoms with E-state index < -0.39 is 19.2 Å². The van der Waals surface area contributed by atoms with Gasteiger partial charge in [-0.3, -0.25) is 4.90 Å². The summed E-state index contributed by atoms with van der Waals surface area (Å²) in [7, 11) is -2.91. The molecule has 2 aromatic rings. The number of carbonyl (C=O) groups excluding carboxylic acids is 2. The lowest BCUT2D eigenvalue weighted by atomic mass is 10.1. The molecule has 2 unspecified atom stereocenters. The minimum atomic E-state index is -2.91. The van der Waals surface area contributed by atoms with E-state index in [1.54, 1.807) is 0 Å². The smallest absolute Gasteiger partial charge is 0.410 e. The van der Waals surface area contributed by atoms with Gasteiger partial charge in [-0.15, -0.1) is 0 Å². The van der Waals surface area contributed by atoms with Crippen molar-refractivity contribution in [1.82, 2.24) is 9.80 Å². The molecule has 0 radical (unpaired) electrons. The van der Waals surface area contributed by atoms with E-state index in [0.29, 0.717) is 18.5 Å². The van der Waals surface area contributed by atoms with Gasteiger partial charge in [-0.25, -0.2) is 4.79 Å². The third kappa shape index (κ3) is 4.90. The summed E-state index contributed by atoms with van der Waals surface area (Å²) in [4.78, 5) is 32.5. The Bertz CT molecular complexity index is 1070. The van der Waals surface area contributed by atoms with Crippen LogP contribution in [-0.4, -0.2) is 65.7 Å². The molecule has 1 heterocycles. The third-order valence-corrected chi connectivity index (χ3v) is 13.9. The predicted octanol–water partition coefficient (Wildman–Crippen LogP) is 5.02. The second-order valence-corrected chi connectivity index (χ2v) is 17.7. The first kappa shape index (κ1) is 27.6. The van der Waals surface area contributed by atoms with Crippen molar-refractivity contribution in [3.8, 4) is 0 Å². The minimum absolute atomic E-state index is 0.0389. The van der Waals surface area contributed by atoms with Gasteiger partial charge in [-0.2, -0.15) is 0 Å². The van der Waals surface area contributed by atoms with Crippen LogP contribution >= 0.6 is 0 Å². The Morgan fingerprint density at radius 2 is 1.24 bits per heavy atom. The molecule has 1 aliphatic heterocycles. The van der Waals surface area contributed by atoms with Gasteiger partial charge in [-0.05, 0) is 62.9 Å². The monoisotopic (exact) mass is 520 g/mol. The average molecular weight is 521 g/mol. The molecule has 0 bridgehead atoms. The topological polar surface area (TPSA) is 49.9 Å². The fourth-order valence-electron chi connectivity index (χ4n) is 6.51. The Labute approximate surface area is 224 Å². The Hall–Kier alpha value is -2.44. The number of hydrogen-bond donors (Lipinski definition) is 0. The van der Waals surface area contributed by atoms with Crippen LogP contribution in [0.2, 0.25) is 5.04 Å². The first-order chi connectivity index (χ1) is 17.2. The predicted molar refractivity (Wildman–Crippen MR) is 153 cm³/mol. The van der Waals surface area contributed by atoms with E-state index in [1.165, 1.54) is 10.4 Å². The van der Waals surface area contributed by atoms with Gasteiger partial charge >= 0.3 is 6.09 Å². The maximum Gasteiger partial charge on any atom is 0.410 e. The molecule has 4 rings (SSSR count). The number of piperazine rings is 1. The number of nitrogens with zero attached hydrogens (tertiary/aromatic N) is 2. The van der Waals surface area contributed by atoms with Gasteiger partial charge in [0.15, 0.2) is 0 Å². The van der Waals surface area contributed by atoms with Crippen molar-refractivity contribution in [2.75, 3.05) is 13.1 Å². The van der Waals surface area contributed by atoms with Crippen molar-refractivity contribution in [1.29, 1.82) is 0 Å². The van der Waals surface area contributed by atoms with Crippen LogP contribution in [-0.2, 0) is 9.53 Å². The molecule has 2 aliphatic rings. The number of carbonyl (C=O) groups is 2. The minimum Gasteiger partial charge on any atom is -0.444 e. The first-order valence-electron chi connectivity index (χ1n) is 13.7. The standard InChI is InChI=1S/C31H44N2O3Si/c1-23-21-32(22-24(2)33(23)28(35)36-29(3,4)5)31(19-20-31)27(34)37(30(6,7)8,25-15-11-9-12-16-25)26-17-13-10-14-18-26/h9-18,23-24H,19-22H2,1-8H3. The summed E-state index contributed by atoms with van der Waals surface area (Å²) in [6, 6.07) is 21.0. The third-order valence-electron chi connectivity index (χ3n) is 8.15. The Balaban J connectivity index is 1.74. The molecule has 37 heavy (non-hydrogen) atoms. The molecule has 1 saturated heterocycles. The molecule has 0 N–H and O–H groups in total. The normalized spacial score (nSPS) is 22.4. The molecule has 200 valence electrons. The molecule has 2 aromatic carbocycles. The highest BCUT2D eigenvalue weighted by molar-refractivity contribution is 7.24. The van der Waals surface area contributed by atoms with Crippen LogP contribution in [0.1, 0.15) is 68.2 Å². The molecule has 1 saturated carbocycles. The fraction of sp³-hybridized carbons (Fsp3) is 0.548. The van der Waals surface area contributed by atoms with Gasteiger partial charge < -0.3 is 14.4 Å². The van der Waals surface area contributed by atoms with Crippen LogP contribution in [0.15, 0.2) is 60.7 Å². The van der Waals surface area contributed by atoms with Crippen LogP contribution in [0, 0.1) is 0 Å². The molecule has 5 nitrogen and oxygen atoms in total. The van der Waals surface area contributed by atoms with Crippen LogP contribution < -0.4 is 10.4 Å². The summed E-state index contributed by atoms with van der Waals surface area (Å²) in [5.41, 5.74) is -1.02. The molecule has 6 heteroatoms. The van der Waals surface area contributed by atoms with Gasteiger partial charge in [0.1, 0.15) is 11.0 Å². The van der Waals surface area contributed by atoms with Crippen molar-refractivity contribution < 1.29 is 14.3 Å². The van der Waals surface area contributed by atoms with E-state index in [9.17, 15) is 4.79 Å². The maximum atomic E-state index is 15.2. The summed E-state index contributed by atoms with van der Waals surface area (Å²) in [6.07, 6.45) is 1.49. The summed E-state index contributed by atoms with van der Waals surface area (Å²) >= 11 is 0. The number of ether oxygens (including phenoxy) is 1. The van der Waals surface area contributed by atoms with E-state index in [-0.39, 0.29) is 23.2 Å². The Morgan fingerprint density at radius 3 is 1.59 bits per heavy atom. The van der Waals surface area contributed by atoms with E-state index in [1.807, 2.05) is 37.8 Å². The van der Waals surface area contributed by atoms with Crippen LogP contribution in [0.3, 0.4) is 0 Å². The number of rotatable bonds is 5. The van der Waals surface area contributed by atoms with Crippen LogP contribution in [0.25, 0.3) is 0 Å². The van der Waals surface area contributed by atoms with Gasteiger partial charge in [0.25, 0.3) is 0 Å². The maximum absolute atomic E-state index is 15.2. The van der Waals surface area contributed by atoms with Crippen molar-refractivity contribution in [3.05, 3.63) is 60.7 Å². The highest BCUT2D eigenvalue weighted by Crippen LogP contribution is 2.50. The summed E-state index contributed by atoms with van der Waals surface area (Å²) in [5, 5.41) is 2.55. The average Bonchev–Trinajstić information content (AvgIpc) is 3.60. The van der Waals surface area contributed by atoms with E-state index in [0.717, 1.165) is 12.8 Å². The zero-order chi connectivity index (χ0) is 27.2. The molecular weight excluding hydrogens is 476 g/mol. The van der Waals surface area contributed by atoms with Crippen molar-refractivity contribution in [3.63, 3.8) is 0 Å². The number of hydrogen-bond acceptors (Lipinski definition) is 4. The van der Waals surface area contributed by atoms with Gasteiger partial charge in [0.05, 0.1) is 5.54 Å². The second kappa shape index (κ2) is 9.70. The lowest BCUT2D eigenvalue weighted by molar-refractivity contribution is -0.121. The van der Waals surface area contributed by atoms with Gasteiger partial charge in [0, 0.05) is 25.2 Å². The molecule has 1 aliphatic carbocycles. The van der Waals surface area contributed by atoms with Crippen LogP contribution in [0.4, 0.5) is 4.79 Å². The zero-order valence-corrected chi connectivity index (χ0v) is 24.9. The van der Waals surface area contributed by atoms with Crippen molar-refractivity contribution in [2.24, 2.45) is 0 Å². The lowest BCUT2D eigenvalue weighted by Crippen LogP contribution is -2.75. The summed E-state index contributed by atoms with van der Waals surface area (Å²) in [6.45, 7) is 18.0. The first-order valence-corrected chi connectivity index (χ1v) is 15.7. The van der Waals surface area contributed by atoms with E-state index in [2.05, 4.69) is 88.0 Å². The molecular formula is C31H44N2O3Si. The molecule has 0 aromatic heterocycles. The molecule has 0 spiro atoms. The van der Waals surface area contributed by atoms with Gasteiger partial charge in [0.2, 0.25) is 8.07 Å². The van der Waals surface area contributed by atoms with Crippen molar-refractivity contribution in [2.45, 2.75) is 96.5 Å². The van der Waals surface area contributed by atoms with E-state index >= 15 is 4.79 Å². The van der Waals surface area contributed by atoms with Crippen LogP contribution in [0.5, 0.6) is 0 Å². The number of amides is 1. The highest BCUT2D eigenvalue weighted by Gasteiger charge is 2.66. The quantitative estimate of drug-likeness (QED) is 0.520. The van der Waals surface area contributed by atoms with Gasteiger partial charge in [-0.1, -0.05) is 81.4 Å². The van der Waals surface area contributed by atoms with Crippen molar-refractivity contribution >= 4 is 29.9 Å². The SMILES string of the molecule is CC1CN(C2(C(=O)[Si](c3ccccc3)(c3ccccc3)C(C)(C)C)CC2)CC(C)N1C(=O)OC(C)(C)C. The zero-order valence-electron chi connectivity index (χ0n) is 23.9.